The first kappa shape index (κ1) is 10.2. The Kier molecular flexibility index (Phi) is 2.67. The minimum Gasteiger partial charge on any atom is -0.305 e. The molecular formula is C12H16BrN. The Labute approximate surface area is 94.0 Å². The van der Waals surface area contributed by atoms with Crippen LogP contribution in [0.1, 0.15) is 32.3 Å². The number of nitrogens with one attached hydrogen (secondary N) is 1. The predicted molar refractivity (Wildman–Crippen MR) is 63.3 cm³/mol. The van der Waals surface area contributed by atoms with E-state index < -0.39 is 0 Å². The zero-order chi connectivity index (χ0) is 10.2. The van der Waals surface area contributed by atoms with E-state index in [4.69, 9.17) is 0 Å². The molecule has 1 aliphatic carbocycles. The first-order valence-electron chi connectivity index (χ1n) is 5.16. The van der Waals surface area contributed by atoms with Crippen LogP contribution in [0.25, 0.3) is 0 Å². The van der Waals surface area contributed by atoms with Crippen LogP contribution < -0.4 is 5.32 Å². The maximum absolute atomic E-state index is 3.65. The Hall–Kier alpha value is -0.340. The number of hydrogen-bond donors (Lipinski definition) is 1. The molecule has 0 heterocycles. The molecule has 2 rings (SSSR count). The van der Waals surface area contributed by atoms with Crippen molar-refractivity contribution in [2.24, 2.45) is 0 Å². The van der Waals surface area contributed by atoms with Crippen LogP contribution in [0, 0.1) is 0 Å². The van der Waals surface area contributed by atoms with Gasteiger partial charge in [-0.3, -0.25) is 0 Å². The molecular weight excluding hydrogens is 238 g/mol. The number of halogens is 1. The van der Waals surface area contributed by atoms with Gasteiger partial charge >= 0.3 is 0 Å². The third-order valence-corrected chi connectivity index (χ3v) is 3.19. The molecule has 1 aliphatic rings. The summed E-state index contributed by atoms with van der Waals surface area (Å²) in [6, 6.07) is 9.18. The molecule has 0 atom stereocenters. The highest BCUT2D eigenvalue weighted by Gasteiger charge is 2.44. The zero-order valence-electron chi connectivity index (χ0n) is 8.68. The molecule has 14 heavy (non-hydrogen) atoms. The van der Waals surface area contributed by atoms with Gasteiger partial charge in [-0.15, -0.1) is 0 Å². The summed E-state index contributed by atoms with van der Waals surface area (Å²) in [7, 11) is 0. The topological polar surface area (TPSA) is 12.0 Å². The lowest BCUT2D eigenvalue weighted by atomic mass is 10.0. The summed E-state index contributed by atoms with van der Waals surface area (Å²) in [5, 5.41) is 3.65. The Balaban J connectivity index is 2.22. The lowest BCUT2D eigenvalue weighted by Gasteiger charge is -2.21. The number of hydrogen-bond acceptors (Lipinski definition) is 1. The van der Waals surface area contributed by atoms with Crippen molar-refractivity contribution in [2.75, 3.05) is 0 Å². The fourth-order valence-electron chi connectivity index (χ4n) is 1.98. The molecule has 0 bridgehead atoms. The van der Waals surface area contributed by atoms with E-state index in [0.717, 1.165) is 0 Å². The van der Waals surface area contributed by atoms with Crippen LogP contribution in [0.4, 0.5) is 0 Å². The monoisotopic (exact) mass is 253 g/mol. The average Bonchev–Trinajstić information content (AvgIpc) is 2.84. The fraction of sp³-hybridized carbons (Fsp3) is 0.500. The minimum atomic E-state index is 0.276. The summed E-state index contributed by atoms with van der Waals surface area (Å²) in [4.78, 5) is 0. The summed E-state index contributed by atoms with van der Waals surface area (Å²) in [6.45, 7) is 4.41. The first-order valence-corrected chi connectivity index (χ1v) is 5.95. The van der Waals surface area contributed by atoms with Crippen molar-refractivity contribution in [3.8, 4) is 0 Å². The molecule has 0 saturated heterocycles. The van der Waals surface area contributed by atoms with Crippen molar-refractivity contribution in [1.82, 2.24) is 5.32 Å². The van der Waals surface area contributed by atoms with Crippen molar-refractivity contribution in [2.45, 2.75) is 38.3 Å². The van der Waals surface area contributed by atoms with Crippen LogP contribution in [0.15, 0.2) is 28.7 Å². The highest BCUT2D eigenvalue weighted by atomic mass is 79.9. The normalized spacial score (nSPS) is 18.6. The molecule has 2 heteroatoms. The maximum atomic E-state index is 3.65. The van der Waals surface area contributed by atoms with E-state index in [1.165, 1.54) is 22.9 Å². The van der Waals surface area contributed by atoms with Crippen LogP contribution in [-0.2, 0) is 5.54 Å². The third-order valence-electron chi connectivity index (χ3n) is 2.69. The number of benzene rings is 1. The van der Waals surface area contributed by atoms with Crippen LogP contribution >= 0.6 is 15.9 Å². The number of rotatable bonds is 3. The van der Waals surface area contributed by atoms with Gasteiger partial charge in [0.25, 0.3) is 0 Å². The van der Waals surface area contributed by atoms with E-state index in [1.54, 1.807) is 0 Å². The molecule has 76 valence electrons. The van der Waals surface area contributed by atoms with Crippen molar-refractivity contribution < 1.29 is 0 Å². The van der Waals surface area contributed by atoms with E-state index in [0.29, 0.717) is 6.04 Å². The standard InChI is InChI=1S/C12H16BrN/c1-9(2)14-12(6-7-12)10-4-3-5-11(13)8-10/h3-5,8-9,14H,6-7H2,1-2H3. The van der Waals surface area contributed by atoms with Gasteiger partial charge in [-0.05, 0) is 30.5 Å². The predicted octanol–water partition coefficient (Wildman–Crippen LogP) is 3.44. The Bertz CT molecular complexity index is 329. The van der Waals surface area contributed by atoms with Gasteiger partial charge in [0.1, 0.15) is 0 Å². The van der Waals surface area contributed by atoms with E-state index in [2.05, 4.69) is 59.4 Å². The van der Waals surface area contributed by atoms with Crippen molar-refractivity contribution in [1.29, 1.82) is 0 Å². The second-order valence-electron chi connectivity index (χ2n) is 4.39. The van der Waals surface area contributed by atoms with E-state index in [1.807, 2.05) is 0 Å². The molecule has 1 N–H and O–H groups in total. The quantitative estimate of drug-likeness (QED) is 0.871. The molecule has 1 aromatic rings. The van der Waals surface area contributed by atoms with Crippen LogP contribution in [0.3, 0.4) is 0 Å². The highest BCUT2D eigenvalue weighted by molar-refractivity contribution is 9.10. The molecule has 0 aliphatic heterocycles. The molecule has 0 radical (unpaired) electrons. The molecule has 1 aromatic carbocycles. The van der Waals surface area contributed by atoms with Gasteiger partial charge in [0, 0.05) is 16.1 Å². The largest absolute Gasteiger partial charge is 0.305 e. The highest BCUT2D eigenvalue weighted by Crippen LogP contribution is 2.46. The lowest BCUT2D eigenvalue weighted by Crippen LogP contribution is -2.34. The molecule has 1 nitrogen and oxygen atoms in total. The molecule has 0 amide bonds. The fourth-order valence-corrected chi connectivity index (χ4v) is 2.38. The molecule has 0 aromatic heterocycles. The molecule has 0 spiro atoms. The van der Waals surface area contributed by atoms with Crippen molar-refractivity contribution in [3.05, 3.63) is 34.3 Å². The SMILES string of the molecule is CC(C)NC1(c2cccc(Br)c2)CC1. The Morgan fingerprint density at radius 3 is 2.57 bits per heavy atom. The molecule has 0 unspecified atom stereocenters. The van der Waals surface area contributed by atoms with Gasteiger partial charge in [0.15, 0.2) is 0 Å². The Morgan fingerprint density at radius 2 is 2.07 bits per heavy atom. The maximum Gasteiger partial charge on any atom is 0.0438 e. The second-order valence-corrected chi connectivity index (χ2v) is 5.31. The van der Waals surface area contributed by atoms with Crippen LogP contribution in [-0.4, -0.2) is 6.04 Å². The summed E-state index contributed by atoms with van der Waals surface area (Å²) in [5.74, 6) is 0. The van der Waals surface area contributed by atoms with Crippen LogP contribution in [0.5, 0.6) is 0 Å². The molecule has 1 fully saturated rings. The van der Waals surface area contributed by atoms with E-state index >= 15 is 0 Å². The van der Waals surface area contributed by atoms with Gasteiger partial charge in [-0.25, -0.2) is 0 Å². The summed E-state index contributed by atoms with van der Waals surface area (Å²) in [5.41, 5.74) is 1.69. The van der Waals surface area contributed by atoms with Crippen LogP contribution in [0.2, 0.25) is 0 Å². The van der Waals surface area contributed by atoms with Crippen molar-refractivity contribution in [3.63, 3.8) is 0 Å². The average molecular weight is 254 g/mol. The lowest BCUT2D eigenvalue weighted by molar-refractivity contribution is 0.461. The van der Waals surface area contributed by atoms with Gasteiger partial charge in [0.05, 0.1) is 0 Å². The zero-order valence-corrected chi connectivity index (χ0v) is 10.3. The molecule has 1 saturated carbocycles. The van der Waals surface area contributed by atoms with Crippen molar-refractivity contribution >= 4 is 15.9 Å². The van der Waals surface area contributed by atoms with Gasteiger partial charge < -0.3 is 5.32 Å². The van der Waals surface area contributed by atoms with E-state index in [9.17, 15) is 0 Å². The third kappa shape index (κ3) is 2.01. The summed E-state index contributed by atoms with van der Waals surface area (Å²) >= 11 is 3.52. The first-order chi connectivity index (χ1) is 6.62. The minimum absolute atomic E-state index is 0.276. The Morgan fingerprint density at radius 1 is 1.36 bits per heavy atom. The van der Waals surface area contributed by atoms with Gasteiger partial charge in [0.2, 0.25) is 0 Å². The summed E-state index contributed by atoms with van der Waals surface area (Å²) < 4.78 is 1.17. The second kappa shape index (κ2) is 3.67. The summed E-state index contributed by atoms with van der Waals surface area (Å²) in [6.07, 6.45) is 2.53. The smallest absolute Gasteiger partial charge is 0.0438 e. The van der Waals surface area contributed by atoms with E-state index in [-0.39, 0.29) is 5.54 Å². The van der Waals surface area contributed by atoms with Gasteiger partial charge in [-0.1, -0.05) is 41.9 Å². The van der Waals surface area contributed by atoms with Gasteiger partial charge in [-0.2, -0.15) is 0 Å².